The second kappa shape index (κ2) is 7.36. The molecule has 5 nitrogen and oxygen atoms in total. The lowest BCUT2D eigenvalue weighted by Gasteiger charge is -2.21. The first-order valence-electron chi connectivity index (χ1n) is 7.65. The fraction of sp³-hybridized carbons (Fsp3) is 0.316. The van der Waals surface area contributed by atoms with Gasteiger partial charge in [-0.3, -0.25) is 0 Å². The quantitative estimate of drug-likeness (QED) is 0.876. The van der Waals surface area contributed by atoms with Gasteiger partial charge in [-0.25, -0.2) is 4.79 Å². The number of methoxy groups -OCH3 is 2. The molecule has 0 aliphatic heterocycles. The topological polar surface area (TPSA) is 59.0 Å². The zero-order valence-electron chi connectivity index (χ0n) is 14.7. The molecule has 0 radical (unpaired) electrons. The molecule has 2 rings (SSSR count). The monoisotopic (exact) mass is 329 g/mol. The fourth-order valence-electron chi connectivity index (χ4n) is 2.55. The van der Waals surface area contributed by atoms with Crippen molar-refractivity contribution in [2.45, 2.75) is 13.0 Å². The van der Waals surface area contributed by atoms with Crippen molar-refractivity contribution in [1.29, 1.82) is 0 Å². The summed E-state index contributed by atoms with van der Waals surface area (Å²) >= 11 is 0. The van der Waals surface area contributed by atoms with E-state index >= 15 is 0 Å². The highest BCUT2D eigenvalue weighted by Gasteiger charge is 2.18. The third-order valence-corrected chi connectivity index (χ3v) is 4.21. The molecule has 0 amide bonds. The van der Waals surface area contributed by atoms with Crippen LogP contribution in [0, 0.1) is 0 Å². The van der Waals surface area contributed by atoms with Crippen LogP contribution in [-0.2, 0) is 0 Å². The summed E-state index contributed by atoms with van der Waals surface area (Å²) in [5, 5.41) is 9.22. The van der Waals surface area contributed by atoms with Crippen LogP contribution in [0.2, 0.25) is 0 Å². The maximum atomic E-state index is 11.3. The molecule has 0 aliphatic rings. The molecule has 5 heteroatoms. The molecule has 0 spiro atoms. The van der Waals surface area contributed by atoms with E-state index in [1.807, 2.05) is 26.2 Å². The van der Waals surface area contributed by atoms with Crippen molar-refractivity contribution < 1.29 is 19.4 Å². The van der Waals surface area contributed by atoms with E-state index < -0.39 is 5.97 Å². The van der Waals surface area contributed by atoms with E-state index in [2.05, 4.69) is 24.0 Å². The summed E-state index contributed by atoms with van der Waals surface area (Å²) in [6.45, 7) is 2.14. The van der Waals surface area contributed by atoms with Crippen LogP contribution in [0.4, 0.5) is 0 Å². The van der Waals surface area contributed by atoms with E-state index in [-0.39, 0.29) is 5.56 Å². The van der Waals surface area contributed by atoms with E-state index in [1.54, 1.807) is 0 Å². The van der Waals surface area contributed by atoms with Crippen LogP contribution in [0.1, 0.15) is 28.9 Å². The average Bonchev–Trinajstić information content (AvgIpc) is 2.59. The Kier molecular flexibility index (Phi) is 5.46. The van der Waals surface area contributed by atoms with Gasteiger partial charge in [-0.15, -0.1) is 0 Å². The maximum absolute atomic E-state index is 11.3. The summed E-state index contributed by atoms with van der Waals surface area (Å²) in [5.74, 6) is -0.0754. The molecule has 0 saturated carbocycles. The van der Waals surface area contributed by atoms with Crippen LogP contribution in [0.15, 0.2) is 36.4 Å². The fourth-order valence-corrected chi connectivity index (χ4v) is 2.55. The number of nitrogens with zero attached hydrogens (tertiary/aromatic N) is 1. The van der Waals surface area contributed by atoms with Crippen LogP contribution in [-0.4, -0.2) is 44.3 Å². The van der Waals surface area contributed by atoms with Gasteiger partial charge in [0.15, 0.2) is 0 Å². The number of carboxylic acids is 1. The summed E-state index contributed by atoms with van der Waals surface area (Å²) in [4.78, 5) is 13.4. The van der Waals surface area contributed by atoms with Crippen molar-refractivity contribution in [3.8, 4) is 22.6 Å². The van der Waals surface area contributed by atoms with Gasteiger partial charge < -0.3 is 19.5 Å². The predicted octanol–water partition coefficient (Wildman–Crippen LogP) is 3.69. The van der Waals surface area contributed by atoms with E-state index in [1.165, 1.54) is 31.9 Å². The number of hydrogen-bond acceptors (Lipinski definition) is 4. The molecule has 1 unspecified atom stereocenters. The Morgan fingerprint density at radius 3 is 1.92 bits per heavy atom. The normalized spacial score (nSPS) is 12.1. The van der Waals surface area contributed by atoms with Crippen molar-refractivity contribution in [3.63, 3.8) is 0 Å². The number of benzene rings is 2. The minimum absolute atomic E-state index is 0.130. The molecule has 128 valence electrons. The Bertz CT molecular complexity index is 698. The molecule has 2 aromatic rings. The molecule has 0 aliphatic carbocycles. The van der Waals surface area contributed by atoms with Gasteiger partial charge in [-0.2, -0.15) is 0 Å². The SMILES string of the molecule is COc1cc(C(=O)O)cc(OC)c1-c1ccc(C(C)N(C)C)cc1. The van der Waals surface area contributed by atoms with Crippen molar-refractivity contribution in [3.05, 3.63) is 47.5 Å². The van der Waals surface area contributed by atoms with Crippen LogP contribution in [0.5, 0.6) is 11.5 Å². The highest BCUT2D eigenvalue weighted by atomic mass is 16.5. The summed E-state index contributed by atoms with van der Waals surface area (Å²) in [7, 11) is 7.11. The number of rotatable bonds is 6. The van der Waals surface area contributed by atoms with Crippen molar-refractivity contribution in [2.75, 3.05) is 28.3 Å². The first kappa shape index (κ1) is 17.8. The van der Waals surface area contributed by atoms with Gasteiger partial charge in [0.25, 0.3) is 0 Å². The Balaban J connectivity index is 2.53. The minimum Gasteiger partial charge on any atom is -0.496 e. The Labute approximate surface area is 142 Å². The summed E-state index contributed by atoms with van der Waals surface area (Å²) < 4.78 is 10.8. The third-order valence-electron chi connectivity index (χ3n) is 4.21. The van der Waals surface area contributed by atoms with Gasteiger partial charge in [0.1, 0.15) is 11.5 Å². The second-order valence-electron chi connectivity index (χ2n) is 5.82. The third kappa shape index (κ3) is 3.51. The van der Waals surface area contributed by atoms with Gasteiger partial charge in [-0.1, -0.05) is 24.3 Å². The molecule has 0 aromatic heterocycles. The highest BCUT2D eigenvalue weighted by Crippen LogP contribution is 2.40. The Hall–Kier alpha value is -2.53. The number of carboxylic acid groups (broad SMARTS) is 1. The molecule has 1 atom stereocenters. The summed E-state index contributed by atoms with van der Waals surface area (Å²) in [6.07, 6.45) is 0. The van der Waals surface area contributed by atoms with Crippen LogP contribution in [0.25, 0.3) is 11.1 Å². The Morgan fingerprint density at radius 1 is 1.04 bits per heavy atom. The summed E-state index contributed by atoms with van der Waals surface area (Å²) in [5.41, 5.74) is 2.98. The lowest BCUT2D eigenvalue weighted by molar-refractivity contribution is 0.0696. The molecule has 0 bridgehead atoms. The molecule has 24 heavy (non-hydrogen) atoms. The van der Waals surface area contributed by atoms with Gasteiger partial charge >= 0.3 is 5.97 Å². The van der Waals surface area contributed by atoms with Gasteiger partial charge in [0.05, 0.1) is 25.3 Å². The van der Waals surface area contributed by atoms with Gasteiger partial charge in [-0.05, 0) is 44.3 Å². The van der Waals surface area contributed by atoms with Gasteiger partial charge in [0.2, 0.25) is 0 Å². The Morgan fingerprint density at radius 2 is 1.54 bits per heavy atom. The average molecular weight is 329 g/mol. The van der Waals surface area contributed by atoms with Crippen molar-refractivity contribution in [2.24, 2.45) is 0 Å². The highest BCUT2D eigenvalue weighted by molar-refractivity contribution is 5.91. The van der Waals surface area contributed by atoms with E-state index in [0.29, 0.717) is 17.5 Å². The van der Waals surface area contributed by atoms with E-state index in [4.69, 9.17) is 9.47 Å². The van der Waals surface area contributed by atoms with Crippen molar-refractivity contribution >= 4 is 5.97 Å². The molecule has 2 aromatic carbocycles. The van der Waals surface area contributed by atoms with Crippen LogP contribution >= 0.6 is 0 Å². The summed E-state index contributed by atoms with van der Waals surface area (Å²) in [6, 6.07) is 11.4. The second-order valence-corrected chi connectivity index (χ2v) is 5.82. The lowest BCUT2D eigenvalue weighted by atomic mass is 9.98. The first-order chi connectivity index (χ1) is 11.4. The molecular weight excluding hydrogens is 306 g/mol. The number of aromatic carboxylic acids is 1. The molecule has 0 fully saturated rings. The number of hydrogen-bond donors (Lipinski definition) is 1. The van der Waals surface area contributed by atoms with Crippen molar-refractivity contribution in [1.82, 2.24) is 4.90 Å². The lowest BCUT2D eigenvalue weighted by Crippen LogP contribution is -2.16. The molecule has 1 N–H and O–H groups in total. The maximum Gasteiger partial charge on any atom is 0.335 e. The number of ether oxygens (including phenoxy) is 2. The van der Waals surface area contributed by atoms with Crippen LogP contribution in [0.3, 0.4) is 0 Å². The van der Waals surface area contributed by atoms with E-state index in [0.717, 1.165) is 11.1 Å². The van der Waals surface area contributed by atoms with E-state index in [9.17, 15) is 9.90 Å². The zero-order valence-corrected chi connectivity index (χ0v) is 14.7. The zero-order chi connectivity index (χ0) is 17.9. The largest absolute Gasteiger partial charge is 0.496 e. The first-order valence-corrected chi connectivity index (χ1v) is 7.65. The molecule has 0 saturated heterocycles. The predicted molar refractivity (Wildman–Crippen MR) is 94.0 cm³/mol. The smallest absolute Gasteiger partial charge is 0.335 e. The molecular formula is C19H23NO4. The van der Waals surface area contributed by atoms with Crippen LogP contribution < -0.4 is 9.47 Å². The molecule has 0 heterocycles. The van der Waals surface area contributed by atoms with Gasteiger partial charge in [0, 0.05) is 6.04 Å². The minimum atomic E-state index is -1.02. The standard InChI is InChI=1S/C19H23NO4/c1-12(20(2)3)13-6-8-14(9-7-13)18-16(23-4)10-15(19(21)22)11-17(18)24-5/h6-12H,1-5H3,(H,21,22). The number of carbonyl (C=O) groups is 1.